The van der Waals surface area contributed by atoms with Crippen LogP contribution in [0.15, 0.2) is 60.9 Å². The second-order valence-electron chi connectivity index (χ2n) is 6.46. The first kappa shape index (κ1) is 18.6. The summed E-state index contributed by atoms with van der Waals surface area (Å²) in [7, 11) is 4.60. The largest absolute Gasteiger partial charge is 0.493 e. The normalized spacial score (nSPS) is 10.7. The maximum atomic E-state index is 11.9. The Bertz CT molecular complexity index is 1200. The maximum Gasteiger partial charge on any atom is 0.337 e. The molecule has 4 aromatic rings. The number of carbonyl (C=O) groups is 1. The fourth-order valence-electron chi connectivity index (χ4n) is 3.35. The number of H-pyrrole nitrogens is 1. The summed E-state index contributed by atoms with van der Waals surface area (Å²) in [5.41, 5.74) is 5.05. The highest BCUT2D eigenvalue weighted by molar-refractivity contribution is 5.98. The predicted molar refractivity (Wildman–Crippen MR) is 111 cm³/mol. The summed E-state index contributed by atoms with van der Waals surface area (Å²) in [4.78, 5) is 19.6. The molecule has 0 radical (unpaired) electrons. The smallest absolute Gasteiger partial charge is 0.337 e. The van der Waals surface area contributed by atoms with Gasteiger partial charge in [-0.3, -0.25) is 0 Å². The van der Waals surface area contributed by atoms with Crippen molar-refractivity contribution in [2.45, 2.75) is 0 Å². The standard InChI is InChI=1S/C23H20N2O4/c1-27-20-8-7-14(11-21(20)28-2)17-10-18-19(13-25-22(18)24-12-17)15-5-4-6-16(9-15)23(26)29-3/h4-13H,1-3H3,(H,24,25). The minimum absolute atomic E-state index is 0.365. The fourth-order valence-corrected chi connectivity index (χ4v) is 3.35. The number of rotatable bonds is 5. The Balaban J connectivity index is 1.81. The first-order valence-electron chi connectivity index (χ1n) is 9.03. The van der Waals surface area contributed by atoms with Crippen LogP contribution in [0.5, 0.6) is 11.5 Å². The Morgan fingerprint density at radius 2 is 1.72 bits per heavy atom. The summed E-state index contributed by atoms with van der Waals surface area (Å²) in [6.45, 7) is 0. The molecule has 0 aliphatic rings. The molecule has 2 aromatic heterocycles. The number of hydrogen-bond acceptors (Lipinski definition) is 5. The van der Waals surface area contributed by atoms with Crippen molar-refractivity contribution in [3.05, 3.63) is 66.5 Å². The average molecular weight is 388 g/mol. The van der Waals surface area contributed by atoms with Gasteiger partial charge in [0, 0.05) is 28.9 Å². The van der Waals surface area contributed by atoms with E-state index in [2.05, 4.69) is 16.0 Å². The number of esters is 1. The van der Waals surface area contributed by atoms with Gasteiger partial charge in [-0.25, -0.2) is 9.78 Å². The SMILES string of the molecule is COC(=O)c1cccc(-c2c[nH]c3ncc(-c4ccc(OC)c(OC)c4)cc23)c1. The van der Waals surface area contributed by atoms with Crippen LogP contribution in [-0.4, -0.2) is 37.3 Å². The molecule has 0 fully saturated rings. The van der Waals surface area contributed by atoms with E-state index in [-0.39, 0.29) is 5.97 Å². The molecular weight excluding hydrogens is 368 g/mol. The van der Waals surface area contributed by atoms with E-state index in [9.17, 15) is 4.79 Å². The summed E-state index contributed by atoms with van der Waals surface area (Å²) in [6.07, 6.45) is 3.71. The van der Waals surface area contributed by atoms with Crippen molar-refractivity contribution in [3.8, 4) is 33.8 Å². The average Bonchev–Trinajstić information content (AvgIpc) is 3.21. The third-order valence-corrected chi connectivity index (χ3v) is 4.84. The summed E-state index contributed by atoms with van der Waals surface area (Å²) in [5, 5.41) is 0.958. The van der Waals surface area contributed by atoms with E-state index in [1.165, 1.54) is 7.11 Å². The number of pyridine rings is 1. The number of fused-ring (bicyclic) bond motifs is 1. The lowest BCUT2D eigenvalue weighted by Crippen LogP contribution is -2.00. The third kappa shape index (κ3) is 3.40. The van der Waals surface area contributed by atoms with Crippen LogP contribution in [0.25, 0.3) is 33.3 Å². The fraction of sp³-hybridized carbons (Fsp3) is 0.130. The van der Waals surface area contributed by atoms with E-state index < -0.39 is 0 Å². The lowest BCUT2D eigenvalue weighted by atomic mass is 10.0. The molecule has 2 aromatic carbocycles. The van der Waals surface area contributed by atoms with Gasteiger partial charge in [-0.1, -0.05) is 18.2 Å². The number of nitrogens with zero attached hydrogens (tertiary/aromatic N) is 1. The van der Waals surface area contributed by atoms with Crippen molar-refractivity contribution < 1.29 is 19.0 Å². The van der Waals surface area contributed by atoms with Gasteiger partial charge in [-0.15, -0.1) is 0 Å². The molecule has 0 spiro atoms. The van der Waals surface area contributed by atoms with Crippen molar-refractivity contribution in [1.82, 2.24) is 9.97 Å². The number of carbonyl (C=O) groups excluding carboxylic acids is 1. The summed E-state index contributed by atoms with van der Waals surface area (Å²) >= 11 is 0. The van der Waals surface area contributed by atoms with E-state index in [0.29, 0.717) is 17.1 Å². The number of aromatic amines is 1. The van der Waals surface area contributed by atoms with Gasteiger partial charge in [0.2, 0.25) is 0 Å². The van der Waals surface area contributed by atoms with Crippen molar-refractivity contribution in [2.75, 3.05) is 21.3 Å². The van der Waals surface area contributed by atoms with Crippen LogP contribution >= 0.6 is 0 Å². The van der Waals surface area contributed by atoms with E-state index in [4.69, 9.17) is 14.2 Å². The van der Waals surface area contributed by atoms with E-state index in [1.54, 1.807) is 20.3 Å². The van der Waals surface area contributed by atoms with Crippen molar-refractivity contribution in [3.63, 3.8) is 0 Å². The molecule has 0 aliphatic carbocycles. The molecule has 6 heteroatoms. The highest BCUT2D eigenvalue weighted by Crippen LogP contribution is 2.35. The molecule has 6 nitrogen and oxygen atoms in total. The molecule has 1 N–H and O–H groups in total. The predicted octanol–water partition coefficient (Wildman–Crippen LogP) is 4.70. The zero-order valence-electron chi connectivity index (χ0n) is 16.4. The molecule has 146 valence electrons. The monoisotopic (exact) mass is 388 g/mol. The first-order chi connectivity index (χ1) is 14.1. The first-order valence-corrected chi connectivity index (χ1v) is 9.03. The maximum absolute atomic E-state index is 11.9. The van der Waals surface area contributed by atoms with Crippen molar-refractivity contribution in [2.24, 2.45) is 0 Å². The van der Waals surface area contributed by atoms with Crippen LogP contribution in [0.3, 0.4) is 0 Å². The molecule has 4 rings (SSSR count). The minimum Gasteiger partial charge on any atom is -0.493 e. The highest BCUT2D eigenvalue weighted by Gasteiger charge is 2.13. The van der Waals surface area contributed by atoms with Crippen LogP contribution in [0.1, 0.15) is 10.4 Å². The quantitative estimate of drug-likeness (QED) is 0.502. The third-order valence-electron chi connectivity index (χ3n) is 4.84. The minimum atomic E-state index is -0.365. The molecule has 0 saturated heterocycles. The molecule has 0 unspecified atom stereocenters. The van der Waals surface area contributed by atoms with Gasteiger partial charge in [0.25, 0.3) is 0 Å². The van der Waals surface area contributed by atoms with Crippen LogP contribution in [0.4, 0.5) is 0 Å². The molecule has 0 saturated carbocycles. The van der Waals surface area contributed by atoms with Gasteiger partial charge in [-0.05, 0) is 41.5 Å². The van der Waals surface area contributed by atoms with Crippen molar-refractivity contribution >= 4 is 17.0 Å². The number of methoxy groups -OCH3 is 3. The Hall–Kier alpha value is -3.80. The summed E-state index contributed by atoms with van der Waals surface area (Å²) in [5.74, 6) is 0.966. The summed E-state index contributed by atoms with van der Waals surface area (Å²) < 4.78 is 15.6. The summed E-state index contributed by atoms with van der Waals surface area (Å²) in [6, 6.07) is 15.2. The Labute approximate surface area is 168 Å². The van der Waals surface area contributed by atoms with E-state index in [0.717, 1.165) is 33.3 Å². The van der Waals surface area contributed by atoms with Gasteiger partial charge in [0.15, 0.2) is 11.5 Å². The highest BCUT2D eigenvalue weighted by atomic mass is 16.5. The number of benzene rings is 2. The number of aromatic nitrogens is 2. The Morgan fingerprint density at radius 3 is 2.48 bits per heavy atom. The lowest BCUT2D eigenvalue weighted by molar-refractivity contribution is 0.0601. The number of ether oxygens (including phenoxy) is 3. The van der Waals surface area contributed by atoms with Crippen LogP contribution < -0.4 is 9.47 Å². The Kier molecular flexibility index (Phi) is 4.91. The van der Waals surface area contributed by atoms with Gasteiger partial charge in [0.1, 0.15) is 5.65 Å². The Morgan fingerprint density at radius 1 is 0.897 bits per heavy atom. The van der Waals surface area contributed by atoms with Crippen LogP contribution in [-0.2, 0) is 4.74 Å². The van der Waals surface area contributed by atoms with Crippen LogP contribution in [0.2, 0.25) is 0 Å². The second-order valence-corrected chi connectivity index (χ2v) is 6.46. The zero-order valence-corrected chi connectivity index (χ0v) is 16.4. The van der Waals surface area contributed by atoms with Gasteiger partial charge >= 0.3 is 5.97 Å². The molecule has 0 bridgehead atoms. The van der Waals surface area contributed by atoms with E-state index >= 15 is 0 Å². The van der Waals surface area contributed by atoms with Gasteiger partial charge < -0.3 is 19.2 Å². The zero-order chi connectivity index (χ0) is 20.4. The van der Waals surface area contributed by atoms with Gasteiger partial charge in [-0.2, -0.15) is 0 Å². The number of nitrogens with one attached hydrogen (secondary N) is 1. The van der Waals surface area contributed by atoms with Gasteiger partial charge in [0.05, 0.1) is 26.9 Å². The second kappa shape index (κ2) is 7.67. The molecule has 0 aliphatic heterocycles. The molecule has 0 atom stereocenters. The lowest BCUT2D eigenvalue weighted by Gasteiger charge is -2.10. The topological polar surface area (TPSA) is 73.4 Å². The molecular formula is C23H20N2O4. The van der Waals surface area contributed by atoms with E-state index in [1.807, 2.05) is 48.8 Å². The van der Waals surface area contributed by atoms with Crippen molar-refractivity contribution in [1.29, 1.82) is 0 Å². The molecule has 29 heavy (non-hydrogen) atoms. The number of hydrogen-bond donors (Lipinski definition) is 1. The molecule has 0 amide bonds. The molecule has 2 heterocycles. The van der Waals surface area contributed by atoms with Crippen LogP contribution in [0, 0.1) is 0 Å².